The molecule has 1 nitrogen and oxygen atoms in total. The second kappa shape index (κ2) is 3.73. The van der Waals surface area contributed by atoms with Crippen LogP contribution >= 0.6 is 0 Å². The fourth-order valence-electron chi connectivity index (χ4n) is 1.53. The van der Waals surface area contributed by atoms with Crippen LogP contribution in [0.4, 0.5) is 10.1 Å². The second-order valence-electron chi connectivity index (χ2n) is 3.61. The van der Waals surface area contributed by atoms with Crippen LogP contribution < -0.4 is 5.73 Å². The molecule has 0 atom stereocenters. The summed E-state index contributed by atoms with van der Waals surface area (Å²) in [5.41, 5.74) is 8.63. The van der Waals surface area contributed by atoms with Crippen molar-refractivity contribution in [1.82, 2.24) is 0 Å². The maximum Gasteiger partial charge on any atom is 0.146 e. The van der Waals surface area contributed by atoms with Gasteiger partial charge in [0.15, 0.2) is 0 Å². The van der Waals surface area contributed by atoms with E-state index in [2.05, 4.69) is 0 Å². The lowest BCUT2D eigenvalue weighted by molar-refractivity contribution is 0.633. The third-order valence-corrected chi connectivity index (χ3v) is 2.35. The molecular weight excluding hydrogens is 189 g/mol. The summed E-state index contributed by atoms with van der Waals surface area (Å²) in [6.45, 7) is 2.01. The summed E-state index contributed by atoms with van der Waals surface area (Å²) in [5.74, 6) is -0.367. The smallest absolute Gasteiger partial charge is 0.146 e. The lowest BCUT2D eigenvalue weighted by atomic mass is 10.0. The first-order valence-electron chi connectivity index (χ1n) is 4.79. The Balaban J connectivity index is 2.50. The maximum absolute atomic E-state index is 13.2. The maximum atomic E-state index is 13.2. The van der Waals surface area contributed by atoms with Gasteiger partial charge in [-0.05, 0) is 30.2 Å². The van der Waals surface area contributed by atoms with Crippen LogP contribution in [0.25, 0.3) is 11.1 Å². The summed E-state index contributed by atoms with van der Waals surface area (Å²) in [7, 11) is 0. The van der Waals surface area contributed by atoms with Crippen molar-refractivity contribution in [1.29, 1.82) is 0 Å². The molecule has 0 fully saturated rings. The fraction of sp³-hybridized carbons (Fsp3) is 0.0769. The molecule has 15 heavy (non-hydrogen) atoms. The van der Waals surface area contributed by atoms with Crippen LogP contribution in [0.5, 0.6) is 0 Å². The number of halogens is 1. The van der Waals surface area contributed by atoms with Crippen LogP contribution in [-0.4, -0.2) is 0 Å². The number of nitrogens with two attached hydrogens (primary N) is 1. The largest absolute Gasteiger partial charge is 0.396 e. The van der Waals surface area contributed by atoms with E-state index < -0.39 is 0 Å². The molecule has 0 aliphatic carbocycles. The number of hydrogen-bond acceptors (Lipinski definition) is 1. The van der Waals surface area contributed by atoms with Gasteiger partial charge in [-0.3, -0.25) is 0 Å². The van der Waals surface area contributed by atoms with Gasteiger partial charge in [0.25, 0.3) is 0 Å². The fourth-order valence-corrected chi connectivity index (χ4v) is 1.53. The minimum atomic E-state index is -0.367. The van der Waals surface area contributed by atoms with Gasteiger partial charge in [0, 0.05) is 0 Å². The highest BCUT2D eigenvalue weighted by Crippen LogP contribution is 2.23. The summed E-state index contributed by atoms with van der Waals surface area (Å²) in [5, 5.41) is 0. The highest BCUT2D eigenvalue weighted by Gasteiger charge is 2.02. The van der Waals surface area contributed by atoms with E-state index in [1.54, 1.807) is 6.07 Å². The SMILES string of the molecule is Cc1cccc(-c2ccc(N)c(F)c2)c1. The number of hydrogen-bond donors (Lipinski definition) is 1. The van der Waals surface area contributed by atoms with Gasteiger partial charge in [-0.1, -0.05) is 35.9 Å². The van der Waals surface area contributed by atoms with E-state index in [0.717, 1.165) is 16.7 Å². The molecule has 0 saturated heterocycles. The number of nitrogen functional groups attached to an aromatic ring is 1. The third kappa shape index (κ3) is 1.99. The van der Waals surface area contributed by atoms with Crippen LogP contribution in [0.2, 0.25) is 0 Å². The Kier molecular flexibility index (Phi) is 2.42. The van der Waals surface area contributed by atoms with E-state index in [4.69, 9.17) is 5.73 Å². The van der Waals surface area contributed by atoms with Crippen molar-refractivity contribution in [2.24, 2.45) is 0 Å². The van der Waals surface area contributed by atoms with Crippen LogP contribution in [0.1, 0.15) is 5.56 Å². The van der Waals surface area contributed by atoms with Gasteiger partial charge in [0.1, 0.15) is 5.82 Å². The summed E-state index contributed by atoms with van der Waals surface area (Å²) < 4.78 is 13.2. The number of anilines is 1. The van der Waals surface area contributed by atoms with Crippen molar-refractivity contribution in [2.75, 3.05) is 5.73 Å². The predicted octanol–water partition coefficient (Wildman–Crippen LogP) is 3.38. The number of rotatable bonds is 1. The van der Waals surface area contributed by atoms with E-state index in [-0.39, 0.29) is 11.5 Å². The molecule has 0 spiro atoms. The molecule has 76 valence electrons. The molecule has 2 rings (SSSR count). The van der Waals surface area contributed by atoms with Crippen LogP contribution in [0.15, 0.2) is 42.5 Å². The summed E-state index contributed by atoms with van der Waals surface area (Å²) in [6, 6.07) is 12.8. The standard InChI is InChI=1S/C13H12FN/c1-9-3-2-4-10(7-9)11-5-6-13(15)12(14)8-11/h2-8H,15H2,1H3. The van der Waals surface area contributed by atoms with Crippen molar-refractivity contribution in [2.45, 2.75) is 6.92 Å². The molecule has 2 heteroatoms. The van der Waals surface area contributed by atoms with Gasteiger partial charge in [-0.25, -0.2) is 4.39 Å². The normalized spacial score (nSPS) is 10.3. The van der Waals surface area contributed by atoms with Gasteiger partial charge in [0.05, 0.1) is 5.69 Å². The lowest BCUT2D eigenvalue weighted by Crippen LogP contribution is -1.90. The Labute approximate surface area is 88.4 Å². The molecule has 0 heterocycles. The molecule has 0 saturated carbocycles. The van der Waals surface area contributed by atoms with Crippen LogP contribution in [-0.2, 0) is 0 Å². The van der Waals surface area contributed by atoms with E-state index in [1.165, 1.54) is 6.07 Å². The topological polar surface area (TPSA) is 26.0 Å². The molecule has 0 aliphatic rings. The Bertz CT molecular complexity index is 492. The first kappa shape index (κ1) is 9.71. The Morgan fingerprint density at radius 2 is 1.73 bits per heavy atom. The Morgan fingerprint density at radius 1 is 1.00 bits per heavy atom. The van der Waals surface area contributed by atoms with E-state index in [1.807, 2.05) is 37.3 Å². The molecule has 0 bridgehead atoms. The van der Waals surface area contributed by atoms with Gasteiger partial charge >= 0.3 is 0 Å². The van der Waals surface area contributed by atoms with Gasteiger partial charge in [-0.15, -0.1) is 0 Å². The van der Waals surface area contributed by atoms with Crippen LogP contribution in [0, 0.1) is 12.7 Å². The molecule has 2 aromatic carbocycles. The summed E-state index contributed by atoms with van der Waals surface area (Å²) >= 11 is 0. The minimum absolute atomic E-state index is 0.186. The second-order valence-corrected chi connectivity index (χ2v) is 3.61. The Hall–Kier alpha value is -1.83. The number of benzene rings is 2. The Morgan fingerprint density at radius 3 is 2.40 bits per heavy atom. The van der Waals surface area contributed by atoms with E-state index in [9.17, 15) is 4.39 Å². The highest BCUT2D eigenvalue weighted by atomic mass is 19.1. The van der Waals surface area contributed by atoms with Crippen molar-refractivity contribution in [3.8, 4) is 11.1 Å². The zero-order valence-electron chi connectivity index (χ0n) is 8.50. The van der Waals surface area contributed by atoms with Crippen molar-refractivity contribution in [3.05, 3.63) is 53.8 Å². The van der Waals surface area contributed by atoms with E-state index >= 15 is 0 Å². The molecule has 0 unspecified atom stereocenters. The molecule has 0 amide bonds. The van der Waals surface area contributed by atoms with Gasteiger partial charge < -0.3 is 5.73 Å². The minimum Gasteiger partial charge on any atom is -0.396 e. The zero-order valence-corrected chi connectivity index (χ0v) is 8.50. The van der Waals surface area contributed by atoms with E-state index in [0.29, 0.717) is 0 Å². The van der Waals surface area contributed by atoms with Crippen molar-refractivity contribution in [3.63, 3.8) is 0 Å². The van der Waals surface area contributed by atoms with Gasteiger partial charge in [0.2, 0.25) is 0 Å². The van der Waals surface area contributed by atoms with Gasteiger partial charge in [-0.2, -0.15) is 0 Å². The molecule has 0 aliphatic heterocycles. The first-order valence-corrected chi connectivity index (χ1v) is 4.79. The average Bonchev–Trinajstić information content (AvgIpc) is 2.22. The third-order valence-electron chi connectivity index (χ3n) is 2.35. The van der Waals surface area contributed by atoms with Crippen molar-refractivity contribution < 1.29 is 4.39 Å². The quantitative estimate of drug-likeness (QED) is 0.703. The average molecular weight is 201 g/mol. The molecular formula is C13H12FN. The zero-order chi connectivity index (χ0) is 10.8. The predicted molar refractivity (Wildman–Crippen MR) is 61.0 cm³/mol. The highest BCUT2D eigenvalue weighted by molar-refractivity contribution is 5.66. The number of aryl methyl sites for hydroxylation is 1. The molecule has 2 N–H and O–H groups in total. The summed E-state index contributed by atoms with van der Waals surface area (Å²) in [6.07, 6.45) is 0. The first-order chi connectivity index (χ1) is 7.16. The molecule has 0 radical (unpaired) electrons. The molecule has 0 aromatic heterocycles. The molecule has 2 aromatic rings. The van der Waals surface area contributed by atoms with Crippen molar-refractivity contribution >= 4 is 5.69 Å². The summed E-state index contributed by atoms with van der Waals surface area (Å²) in [4.78, 5) is 0. The lowest BCUT2D eigenvalue weighted by Gasteiger charge is -2.04. The monoisotopic (exact) mass is 201 g/mol. The van der Waals surface area contributed by atoms with Crippen LogP contribution in [0.3, 0.4) is 0 Å².